The third kappa shape index (κ3) is 4.98. The van der Waals surface area contributed by atoms with Gasteiger partial charge in [-0.05, 0) is 63.3 Å². The molecular formula is C50H44O2Si. The zero-order valence-corrected chi connectivity index (χ0v) is 29.3. The molecule has 0 fully saturated rings. The first kappa shape index (κ1) is 18.9. The Labute approximate surface area is 340 Å². The van der Waals surface area contributed by atoms with Gasteiger partial charge in [-0.2, -0.15) is 0 Å². The molecule has 9 rings (SSSR count). The lowest BCUT2D eigenvalue weighted by molar-refractivity contribution is 0.419. The molecule has 2 aliphatic heterocycles. The smallest absolute Gasteiger partial charge is 0.184 e. The van der Waals surface area contributed by atoms with Gasteiger partial charge >= 0.3 is 0 Å². The topological polar surface area (TPSA) is 18.5 Å². The Balaban J connectivity index is 1.43. The number of aryl methyl sites for hydroxylation is 2. The quantitative estimate of drug-likeness (QED) is 0.130. The van der Waals surface area contributed by atoms with E-state index in [1.165, 1.54) is 24.3 Å². The van der Waals surface area contributed by atoms with Gasteiger partial charge < -0.3 is 9.47 Å². The van der Waals surface area contributed by atoms with Crippen LogP contribution in [0.5, 0.6) is 23.0 Å². The fraction of sp³-hybridized carbons (Fsp3) is 0.160. The first-order chi connectivity index (χ1) is 33.0. The second kappa shape index (κ2) is 12.2. The minimum Gasteiger partial charge on any atom is -0.457 e. The van der Waals surface area contributed by atoms with E-state index < -0.39 is 71.5 Å². The van der Waals surface area contributed by atoms with Crippen LogP contribution in [-0.2, 0) is 10.8 Å². The van der Waals surface area contributed by atoms with Gasteiger partial charge in [-0.25, -0.2) is 0 Å². The molecule has 7 aromatic carbocycles. The van der Waals surface area contributed by atoms with Crippen molar-refractivity contribution in [2.75, 3.05) is 0 Å². The van der Waals surface area contributed by atoms with Crippen molar-refractivity contribution < 1.29 is 34.1 Å². The van der Waals surface area contributed by atoms with Crippen molar-refractivity contribution >= 4 is 28.8 Å². The van der Waals surface area contributed by atoms with E-state index in [-0.39, 0.29) is 56.0 Å². The van der Waals surface area contributed by atoms with E-state index in [0.29, 0.717) is 20.7 Å². The third-order valence-corrected chi connectivity index (χ3v) is 15.3. The predicted octanol–water partition coefficient (Wildman–Crippen LogP) is 10.2. The van der Waals surface area contributed by atoms with Gasteiger partial charge in [0, 0.05) is 63.3 Å². The molecular weight excluding hydrogens is 661 g/mol. The van der Waals surface area contributed by atoms with Crippen LogP contribution in [0, 0.1) is 13.7 Å². The highest BCUT2D eigenvalue weighted by Gasteiger charge is 2.47. The standard InChI is InChI=1S/C50H44O2Si/c1-33-27-29-40-44(31-33)52-48-42(50(40,5)6)30-28-34(2)46(48)35-17-15-22-38(32-35)53(36-18-9-7-10-19-36,37-20-11-8-12-21-37)45-26-16-24-41-47(45)51-43-25-14-13-23-39(43)49(41,3)4/h7-32H,1-6H3/i1D3,2D3,3D3,4D3,5D3,6D3. The summed E-state index contributed by atoms with van der Waals surface area (Å²) in [6, 6.07) is 41.9. The van der Waals surface area contributed by atoms with Gasteiger partial charge in [0.1, 0.15) is 23.0 Å². The number of benzene rings is 7. The average Bonchev–Trinajstić information content (AvgIpc) is 3.28. The van der Waals surface area contributed by atoms with Gasteiger partial charge in [-0.15, -0.1) is 0 Å². The molecule has 7 aromatic rings. The van der Waals surface area contributed by atoms with Crippen LogP contribution in [0.15, 0.2) is 158 Å². The summed E-state index contributed by atoms with van der Waals surface area (Å²) in [7, 11) is -4.03. The van der Waals surface area contributed by atoms with Crippen molar-refractivity contribution in [1.29, 1.82) is 0 Å². The zero-order valence-electron chi connectivity index (χ0n) is 46.3. The first-order valence-corrected chi connectivity index (χ1v) is 19.2. The summed E-state index contributed by atoms with van der Waals surface area (Å²) < 4.78 is 172. The Kier molecular flexibility index (Phi) is 4.36. The van der Waals surface area contributed by atoms with Crippen LogP contribution in [-0.4, -0.2) is 8.07 Å². The molecule has 0 aromatic heterocycles. The second-order valence-electron chi connectivity index (χ2n) is 13.5. The van der Waals surface area contributed by atoms with E-state index in [9.17, 15) is 0 Å². The maximum atomic E-state index is 9.05. The van der Waals surface area contributed by atoms with Crippen LogP contribution >= 0.6 is 0 Å². The lowest BCUT2D eigenvalue weighted by Crippen LogP contribution is -2.75. The summed E-state index contributed by atoms with van der Waals surface area (Å²) >= 11 is 0. The highest BCUT2D eigenvalue weighted by molar-refractivity contribution is 7.20. The first-order valence-electron chi connectivity index (χ1n) is 26.2. The van der Waals surface area contributed by atoms with Gasteiger partial charge in [0.15, 0.2) is 8.07 Å². The second-order valence-corrected chi connectivity index (χ2v) is 17.3. The number of hydrogen-bond donors (Lipinski definition) is 0. The fourth-order valence-electron chi connectivity index (χ4n) is 8.05. The summed E-state index contributed by atoms with van der Waals surface area (Å²) in [5, 5.41) is 2.40. The minimum atomic E-state index is -4.03. The van der Waals surface area contributed by atoms with Crippen molar-refractivity contribution in [2.45, 2.75) is 51.9 Å². The van der Waals surface area contributed by atoms with Crippen molar-refractivity contribution in [3.8, 4) is 34.1 Å². The summed E-state index contributed by atoms with van der Waals surface area (Å²) in [5.41, 5.74) is -6.94. The SMILES string of the molecule is [2H]C([2H])([2H])c1ccc2c(c1)Oc1c(ccc(C([2H])([2H])[2H])c1-c1cccc([Si](c3ccccc3)(c3ccccc3)c3cccc4c3Oc3ccccc3C4(C([2H])([2H])[2H])C([2H])([2H])[2H])c1)C2(C([2H])([2H])[2H])C([2H])([2H])[2H]. The number of fused-ring (bicyclic) bond motifs is 4. The molecule has 0 unspecified atom stereocenters. The summed E-state index contributed by atoms with van der Waals surface area (Å²) in [6.07, 6.45) is 0. The minimum absolute atomic E-state index is 0.00800. The zero-order chi connectivity index (χ0) is 51.5. The molecule has 0 aliphatic carbocycles. The van der Waals surface area contributed by atoms with Crippen LogP contribution in [0.3, 0.4) is 0 Å². The molecule has 0 bridgehead atoms. The van der Waals surface area contributed by atoms with Gasteiger partial charge in [0.25, 0.3) is 0 Å². The molecule has 2 heterocycles. The van der Waals surface area contributed by atoms with Crippen LogP contribution in [0.1, 0.15) is 85.5 Å². The summed E-state index contributed by atoms with van der Waals surface area (Å²) in [5.74, 6) is -0.770. The van der Waals surface area contributed by atoms with Crippen LogP contribution in [0.4, 0.5) is 0 Å². The Morgan fingerprint density at radius 3 is 1.79 bits per heavy atom. The normalized spacial score (nSPS) is 21.3. The third-order valence-electron chi connectivity index (χ3n) is 10.5. The lowest BCUT2D eigenvalue weighted by Gasteiger charge is -2.40. The number of ether oxygens (including phenoxy) is 2. The van der Waals surface area contributed by atoms with Gasteiger partial charge in [-0.3, -0.25) is 0 Å². The Morgan fingerprint density at radius 2 is 1.08 bits per heavy atom. The maximum absolute atomic E-state index is 9.05. The van der Waals surface area contributed by atoms with Crippen molar-refractivity contribution in [3.05, 3.63) is 191 Å². The molecule has 0 atom stereocenters. The number of rotatable bonds is 5. The highest BCUT2D eigenvalue weighted by atomic mass is 28.3. The fourth-order valence-corrected chi connectivity index (χ4v) is 13.0. The van der Waals surface area contributed by atoms with Crippen molar-refractivity contribution in [1.82, 2.24) is 0 Å². The predicted molar refractivity (Wildman–Crippen MR) is 222 cm³/mol. The van der Waals surface area contributed by atoms with E-state index >= 15 is 0 Å². The molecule has 0 N–H and O–H groups in total. The molecule has 2 aliphatic rings. The van der Waals surface area contributed by atoms with E-state index in [2.05, 4.69) is 0 Å². The van der Waals surface area contributed by atoms with E-state index in [1.54, 1.807) is 42.5 Å². The van der Waals surface area contributed by atoms with Crippen LogP contribution in [0.25, 0.3) is 11.1 Å². The lowest BCUT2D eigenvalue weighted by atomic mass is 9.74. The molecule has 3 heteroatoms. The Bertz CT molecular complexity index is 3120. The number of hydrogen-bond acceptors (Lipinski definition) is 2. The molecule has 0 saturated heterocycles. The molecule has 0 amide bonds. The van der Waals surface area contributed by atoms with Crippen LogP contribution in [0.2, 0.25) is 0 Å². The maximum Gasteiger partial charge on any atom is 0.184 e. The van der Waals surface area contributed by atoms with Gasteiger partial charge in [-0.1, -0.05) is 173 Å². The average molecular weight is 723 g/mol. The molecule has 0 saturated carbocycles. The van der Waals surface area contributed by atoms with Gasteiger partial charge in [0.05, 0.1) is 0 Å². The van der Waals surface area contributed by atoms with Gasteiger partial charge in [0.2, 0.25) is 0 Å². The monoisotopic (exact) mass is 722 g/mol. The Morgan fingerprint density at radius 1 is 0.472 bits per heavy atom. The van der Waals surface area contributed by atoms with E-state index in [0.717, 1.165) is 24.3 Å². The summed E-state index contributed by atoms with van der Waals surface area (Å²) in [4.78, 5) is 0. The molecule has 0 radical (unpaired) electrons. The molecule has 260 valence electrons. The largest absolute Gasteiger partial charge is 0.457 e. The molecule has 53 heavy (non-hydrogen) atoms. The van der Waals surface area contributed by atoms with Crippen molar-refractivity contribution in [2.24, 2.45) is 0 Å². The van der Waals surface area contributed by atoms with E-state index in [4.69, 9.17) is 34.1 Å². The number of para-hydroxylation sites is 2. The van der Waals surface area contributed by atoms with Crippen LogP contribution < -0.4 is 30.2 Å². The molecule has 0 spiro atoms. The summed E-state index contributed by atoms with van der Waals surface area (Å²) in [6.45, 7) is -18.7. The highest BCUT2D eigenvalue weighted by Crippen LogP contribution is 2.52. The molecule has 2 nitrogen and oxygen atoms in total. The van der Waals surface area contributed by atoms with E-state index in [1.807, 2.05) is 66.7 Å². The Hall–Kier alpha value is -5.64. The van der Waals surface area contributed by atoms with Crippen molar-refractivity contribution in [3.63, 3.8) is 0 Å².